The number of nitrogens with zero attached hydrogens (tertiary/aromatic N) is 2. The fourth-order valence-electron chi connectivity index (χ4n) is 1.37. The number of ether oxygens (including phenoxy) is 1. The van der Waals surface area contributed by atoms with Crippen molar-refractivity contribution in [1.29, 1.82) is 5.26 Å². The molecule has 1 aliphatic rings. The molecule has 0 amide bonds. The Morgan fingerprint density at radius 3 is 2.06 bits per heavy atom. The van der Waals surface area contributed by atoms with Crippen molar-refractivity contribution in [1.82, 2.24) is 4.90 Å². The van der Waals surface area contributed by atoms with Crippen molar-refractivity contribution >= 4 is 6.47 Å². The van der Waals surface area contributed by atoms with Crippen LogP contribution in [0.25, 0.3) is 0 Å². The van der Waals surface area contributed by atoms with Gasteiger partial charge in [0.1, 0.15) is 5.60 Å². The fourth-order valence-corrected chi connectivity index (χ4v) is 1.37. The summed E-state index contributed by atoms with van der Waals surface area (Å²) in [6.45, 7) is 10.1. The monoisotopic (exact) mass is 240 g/mol. The zero-order chi connectivity index (χ0) is 13.5. The van der Waals surface area contributed by atoms with E-state index in [9.17, 15) is 4.79 Å². The van der Waals surface area contributed by atoms with Crippen LogP contribution in [0.3, 0.4) is 0 Å². The molecule has 98 valence electrons. The number of likely N-dealkylation sites (tertiary alicyclic amines) is 1. The number of hydrogen-bond donors (Lipinski definition) is 0. The van der Waals surface area contributed by atoms with Crippen LogP contribution in [-0.2, 0) is 9.53 Å². The van der Waals surface area contributed by atoms with E-state index >= 15 is 0 Å². The van der Waals surface area contributed by atoms with Crippen LogP contribution in [0.4, 0.5) is 0 Å². The lowest BCUT2D eigenvalue weighted by molar-refractivity contribution is -0.138. The van der Waals surface area contributed by atoms with Crippen LogP contribution in [0.2, 0.25) is 0 Å². The van der Waals surface area contributed by atoms with E-state index in [1.165, 1.54) is 0 Å². The summed E-state index contributed by atoms with van der Waals surface area (Å²) in [5.74, 6) is 0. The Morgan fingerprint density at radius 1 is 1.35 bits per heavy atom. The smallest absolute Gasteiger partial charge is 0.293 e. The molecular weight excluding hydrogens is 216 g/mol. The molecule has 0 atom stereocenters. The lowest BCUT2D eigenvalue weighted by Gasteiger charge is -2.32. The van der Waals surface area contributed by atoms with Gasteiger partial charge in [0.15, 0.2) is 0 Å². The minimum Gasteiger partial charge on any atom is -0.462 e. The minimum absolute atomic E-state index is 0.0352. The van der Waals surface area contributed by atoms with Crippen molar-refractivity contribution in [2.24, 2.45) is 5.41 Å². The van der Waals surface area contributed by atoms with Crippen LogP contribution < -0.4 is 0 Å². The van der Waals surface area contributed by atoms with E-state index in [0.29, 0.717) is 6.47 Å². The normalized spacial score (nSPS) is 19.5. The van der Waals surface area contributed by atoms with Gasteiger partial charge in [-0.3, -0.25) is 4.79 Å². The molecule has 0 aliphatic carbocycles. The first kappa shape index (κ1) is 15.9. The fraction of sp³-hybridized carbons (Fsp3) is 0.846. The molecule has 1 rings (SSSR count). The first-order chi connectivity index (χ1) is 7.72. The second kappa shape index (κ2) is 6.61. The van der Waals surface area contributed by atoms with Gasteiger partial charge in [-0.2, -0.15) is 5.26 Å². The molecule has 17 heavy (non-hydrogen) atoms. The largest absolute Gasteiger partial charge is 0.462 e. The van der Waals surface area contributed by atoms with Gasteiger partial charge in [-0.05, 0) is 60.7 Å². The summed E-state index contributed by atoms with van der Waals surface area (Å²) in [4.78, 5) is 11.9. The second-order valence-corrected chi connectivity index (χ2v) is 5.80. The van der Waals surface area contributed by atoms with Gasteiger partial charge in [-0.25, -0.2) is 0 Å². The standard InChI is InChI=1S/C8H14N2.C5H10O2/c1-8(7-9)3-5-10(2)6-4-8;1-5(2,3)7-4-6/h3-6H2,1-2H3;4H,1-3H3. The number of carbonyl (C=O) groups excluding carboxylic acids is 1. The average Bonchev–Trinajstić information content (AvgIpc) is 2.22. The van der Waals surface area contributed by atoms with Crippen LogP contribution in [0, 0.1) is 16.7 Å². The zero-order valence-corrected chi connectivity index (χ0v) is 11.6. The zero-order valence-electron chi connectivity index (χ0n) is 11.6. The van der Waals surface area contributed by atoms with Crippen LogP contribution in [-0.4, -0.2) is 37.1 Å². The second-order valence-electron chi connectivity index (χ2n) is 5.80. The summed E-state index contributed by atoms with van der Waals surface area (Å²) in [7, 11) is 2.11. The maximum atomic E-state index is 9.60. The number of piperidine rings is 1. The molecule has 0 spiro atoms. The lowest BCUT2D eigenvalue weighted by Crippen LogP contribution is -2.35. The van der Waals surface area contributed by atoms with Gasteiger partial charge in [0.05, 0.1) is 11.5 Å². The Hall–Kier alpha value is -1.08. The summed E-state index contributed by atoms with van der Waals surface area (Å²) in [6.07, 6.45) is 2.06. The molecule has 1 aliphatic heterocycles. The van der Waals surface area contributed by atoms with Gasteiger partial charge in [0.2, 0.25) is 0 Å². The molecule has 1 fully saturated rings. The van der Waals surface area contributed by atoms with Gasteiger partial charge < -0.3 is 9.64 Å². The van der Waals surface area contributed by atoms with Gasteiger partial charge in [0, 0.05) is 0 Å². The summed E-state index contributed by atoms with van der Waals surface area (Å²) in [5, 5.41) is 8.77. The van der Waals surface area contributed by atoms with Crippen molar-refractivity contribution in [3.05, 3.63) is 0 Å². The first-order valence-corrected chi connectivity index (χ1v) is 5.94. The van der Waals surface area contributed by atoms with E-state index in [4.69, 9.17) is 5.26 Å². The number of hydrogen-bond acceptors (Lipinski definition) is 4. The van der Waals surface area contributed by atoms with E-state index in [1.807, 2.05) is 20.8 Å². The van der Waals surface area contributed by atoms with Crippen molar-refractivity contribution in [2.45, 2.75) is 46.1 Å². The lowest BCUT2D eigenvalue weighted by atomic mass is 9.82. The Bertz CT molecular complexity index is 268. The highest BCUT2D eigenvalue weighted by Gasteiger charge is 2.27. The SMILES string of the molecule is CC(C)(C)OC=O.CN1CCC(C)(C#N)CC1. The van der Waals surface area contributed by atoms with Gasteiger partial charge >= 0.3 is 0 Å². The van der Waals surface area contributed by atoms with Gasteiger partial charge in [-0.15, -0.1) is 0 Å². The van der Waals surface area contributed by atoms with Crippen LogP contribution in [0.15, 0.2) is 0 Å². The summed E-state index contributed by atoms with van der Waals surface area (Å²) < 4.78 is 4.55. The predicted octanol–water partition coefficient (Wildman–Crippen LogP) is 2.20. The number of carbonyl (C=O) groups is 1. The maximum Gasteiger partial charge on any atom is 0.293 e. The van der Waals surface area contributed by atoms with Crippen molar-refractivity contribution in [3.8, 4) is 6.07 Å². The molecule has 4 heteroatoms. The van der Waals surface area contributed by atoms with Crippen LogP contribution in [0.5, 0.6) is 0 Å². The summed E-state index contributed by atoms with van der Waals surface area (Å²) in [5.41, 5.74) is -0.353. The molecule has 1 saturated heterocycles. The Morgan fingerprint density at radius 2 is 1.82 bits per heavy atom. The molecule has 1 heterocycles. The third kappa shape index (κ3) is 7.76. The molecule has 0 radical (unpaired) electrons. The molecule has 0 N–H and O–H groups in total. The number of rotatable bonds is 1. The molecule has 4 nitrogen and oxygen atoms in total. The average molecular weight is 240 g/mol. The maximum absolute atomic E-state index is 9.60. The highest BCUT2D eigenvalue weighted by atomic mass is 16.5. The third-order valence-electron chi connectivity index (χ3n) is 2.76. The highest BCUT2D eigenvalue weighted by molar-refractivity contribution is 5.37. The quantitative estimate of drug-likeness (QED) is 0.659. The topological polar surface area (TPSA) is 53.3 Å². The van der Waals surface area contributed by atoms with Crippen molar-refractivity contribution in [3.63, 3.8) is 0 Å². The third-order valence-corrected chi connectivity index (χ3v) is 2.76. The van der Waals surface area contributed by atoms with E-state index in [-0.39, 0.29) is 11.0 Å². The predicted molar refractivity (Wildman–Crippen MR) is 67.4 cm³/mol. The van der Waals surface area contributed by atoms with Gasteiger partial charge in [0.25, 0.3) is 6.47 Å². The van der Waals surface area contributed by atoms with E-state index in [0.717, 1.165) is 25.9 Å². The summed E-state index contributed by atoms with van der Waals surface area (Å²) in [6, 6.07) is 2.37. The van der Waals surface area contributed by atoms with E-state index in [1.54, 1.807) is 0 Å². The minimum atomic E-state index is -0.318. The molecule has 0 aromatic carbocycles. The highest BCUT2D eigenvalue weighted by Crippen LogP contribution is 2.28. The van der Waals surface area contributed by atoms with E-state index < -0.39 is 0 Å². The molecular formula is C13H24N2O2. The molecule has 0 saturated carbocycles. The number of nitriles is 1. The van der Waals surface area contributed by atoms with Crippen molar-refractivity contribution in [2.75, 3.05) is 20.1 Å². The molecule has 0 bridgehead atoms. The van der Waals surface area contributed by atoms with Gasteiger partial charge in [-0.1, -0.05) is 0 Å². The van der Waals surface area contributed by atoms with Crippen molar-refractivity contribution < 1.29 is 9.53 Å². The van der Waals surface area contributed by atoms with Crippen LogP contribution in [0.1, 0.15) is 40.5 Å². The first-order valence-electron chi connectivity index (χ1n) is 5.94. The van der Waals surface area contributed by atoms with E-state index in [2.05, 4.69) is 29.7 Å². The Labute approximate surface area is 105 Å². The molecule has 0 aromatic rings. The Balaban J connectivity index is 0.000000325. The molecule has 0 aromatic heterocycles. The van der Waals surface area contributed by atoms with Crippen LogP contribution >= 0.6 is 0 Å². The summed E-state index contributed by atoms with van der Waals surface area (Å²) >= 11 is 0. The Kier molecular flexibility index (Phi) is 6.19. The molecule has 0 unspecified atom stereocenters.